The second kappa shape index (κ2) is 8.15. The van der Waals surface area contributed by atoms with Gasteiger partial charge >= 0.3 is 0 Å². The van der Waals surface area contributed by atoms with Crippen LogP contribution in [0.1, 0.15) is 50.4 Å². The number of hydrogen-bond donors (Lipinski definition) is 1. The van der Waals surface area contributed by atoms with Crippen LogP contribution in [0.4, 0.5) is 0 Å². The molecular weight excluding hydrogens is 306 g/mol. The quantitative estimate of drug-likeness (QED) is 0.883. The number of rotatable bonds is 6. The number of carbonyl (C=O) groups is 1. The van der Waals surface area contributed by atoms with E-state index >= 15 is 0 Å². The summed E-state index contributed by atoms with van der Waals surface area (Å²) in [5.74, 6) is 0.715. The first-order chi connectivity index (χ1) is 11.7. The fourth-order valence-corrected chi connectivity index (χ4v) is 3.39. The lowest BCUT2D eigenvalue weighted by atomic mass is 10.0. The Morgan fingerprint density at radius 3 is 3.04 bits per heavy atom. The van der Waals surface area contributed by atoms with Crippen LogP contribution in [0.25, 0.3) is 0 Å². The Bertz CT molecular complexity index is 610. The summed E-state index contributed by atoms with van der Waals surface area (Å²) in [7, 11) is 0. The summed E-state index contributed by atoms with van der Waals surface area (Å²) in [4.78, 5) is 14.7. The van der Waals surface area contributed by atoms with Crippen molar-refractivity contribution in [3.05, 3.63) is 42.6 Å². The lowest BCUT2D eigenvalue weighted by molar-refractivity contribution is -0.134. The Labute approximate surface area is 142 Å². The van der Waals surface area contributed by atoms with E-state index in [1.165, 1.54) is 0 Å². The molecule has 3 heterocycles. The average Bonchev–Trinajstić information content (AvgIpc) is 3.24. The highest BCUT2D eigenvalue weighted by Crippen LogP contribution is 2.27. The first kappa shape index (κ1) is 16.8. The van der Waals surface area contributed by atoms with Gasteiger partial charge in [-0.05, 0) is 31.0 Å². The van der Waals surface area contributed by atoms with Gasteiger partial charge in [-0.1, -0.05) is 12.8 Å². The van der Waals surface area contributed by atoms with Crippen molar-refractivity contribution in [3.63, 3.8) is 0 Å². The molecule has 2 aromatic rings. The minimum atomic E-state index is -0.662. The van der Waals surface area contributed by atoms with Crippen LogP contribution < -0.4 is 0 Å². The third-order valence-electron chi connectivity index (χ3n) is 4.68. The van der Waals surface area contributed by atoms with Gasteiger partial charge in [-0.25, -0.2) is 0 Å². The lowest BCUT2D eigenvalue weighted by Gasteiger charge is -2.31. The van der Waals surface area contributed by atoms with Crippen molar-refractivity contribution in [2.45, 2.75) is 57.2 Å². The molecule has 24 heavy (non-hydrogen) atoms. The number of carbonyl (C=O) groups excluding carboxylic acids is 1. The molecular formula is C18H25N3O3. The minimum absolute atomic E-state index is 0.0673. The van der Waals surface area contributed by atoms with Crippen molar-refractivity contribution in [3.8, 4) is 0 Å². The van der Waals surface area contributed by atoms with Gasteiger partial charge in [0.05, 0.1) is 6.26 Å². The molecule has 0 saturated carbocycles. The van der Waals surface area contributed by atoms with Crippen molar-refractivity contribution in [2.24, 2.45) is 0 Å². The summed E-state index contributed by atoms with van der Waals surface area (Å²) in [6, 6.07) is 5.49. The van der Waals surface area contributed by atoms with Gasteiger partial charge < -0.3 is 14.4 Å². The molecule has 1 saturated heterocycles. The second-order valence-electron chi connectivity index (χ2n) is 6.38. The highest BCUT2D eigenvalue weighted by molar-refractivity contribution is 5.76. The third-order valence-corrected chi connectivity index (χ3v) is 4.68. The lowest BCUT2D eigenvalue weighted by Crippen LogP contribution is -2.41. The average molecular weight is 331 g/mol. The number of nitrogens with zero attached hydrogens (tertiary/aromatic N) is 3. The molecule has 0 aromatic carbocycles. The predicted octanol–water partition coefficient (Wildman–Crippen LogP) is 2.76. The molecule has 0 spiro atoms. The van der Waals surface area contributed by atoms with Gasteiger partial charge in [0, 0.05) is 44.4 Å². The van der Waals surface area contributed by atoms with E-state index in [9.17, 15) is 9.90 Å². The van der Waals surface area contributed by atoms with Crippen molar-refractivity contribution in [1.29, 1.82) is 0 Å². The fourth-order valence-electron chi connectivity index (χ4n) is 3.39. The SMILES string of the molecule is O=C(CCn1cccn1)N1CCCCC[C@H]1C[C@H](O)c1ccco1. The highest BCUT2D eigenvalue weighted by atomic mass is 16.4. The molecule has 3 rings (SSSR count). The molecule has 1 aliphatic rings. The Morgan fingerprint density at radius 2 is 2.29 bits per heavy atom. The smallest absolute Gasteiger partial charge is 0.224 e. The highest BCUT2D eigenvalue weighted by Gasteiger charge is 2.28. The number of hydrogen-bond acceptors (Lipinski definition) is 4. The number of aliphatic hydroxyl groups is 1. The van der Waals surface area contributed by atoms with Gasteiger partial charge in [0.15, 0.2) is 0 Å². The second-order valence-corrected chi connectivity index (χ2v) is 6.38. The largest absolute Gasteiger partial charge is 0.467 e. The number of amides is 1. The molecule has 1 N–H and O–H groups in total. The van der Waals surface area contributed by atoms with Gasteiger partial charge in [0.1, 0.15) is 11.9 Å². The van der Waals surface area contributed by atoms with E-state index in [1.807, 2.05) is 17.2 Å². The van der Waals surface area contributed by atoms with Crippen LogP contribution in [0, 0.1) is 0 Å². The molecule has 2 atom stereocenters. The molecule has 1 aliphatic heterocycles. The maximum atomic E-state index is 12.7. The third kappa shape index (κ3) is 4.26. The van der Waals surface area contributed by atoms with Crippen molar-refractivity contribution in [1.82, 2.24) is 14.7 Å². The molecule has 0 bridgehead atoms. The van der Waals surface area contributed by atoms with Gasteiger partial charge in [-0.15, -0.1) is 0 Å². The normalized spacial score (nSPS) is 19.9. The Balaban J connectivity index is 1.61. The zero-order valence-corrected chi connectivity index (χ0v) is 13.9. The van der Waals surface area contributed by atoms with Crippen LogP contribution in [0.3, 0.4) is 0 Å². The zero-order chi connectivity index (χ0) is 16.8. The molecule has 1 fully saturated rings. The number of aliphatic hydroxyl groups excluding tert-OH is 1. The number of aromatic nitrogens is 2. The van der Waals surface area contributed by atoms with Crippen LogP contribution in [0.5, 0.6) is 0 Å². The molecule has 0 aliphatic carbocycles. The van der Waals surface area contributed by atoms with Crippen molar-refractivity contribution >= 4 is 5.91 Å². The van der Waals surface area contributed by atoms with Crippen LogP contribution in [0.15, 0.2) is 41.3 Å². The van der Waals surface area contributed by atoms with E-state index < -0.39 is 6.10 Å². The monoisotopic (exact) mass is 331 g/mol. The molecule has 0 unspecified atom stereocenters. The first-order valence-corrected chi connectivity index (χ1v) is 8.72. The predicted molar refractivity (Wildman–Crippen MR) is 89.1 cm³/mol. The van der Waals surface area contributed by atoms with E-state index in [-0.39, 0.29) is 11.9 Å². The Kier molecular flexibility index (Phi) is 5.69. The topological polar surface area (TPSA) is 71.5 Å². The molecule has 130 valence electrons. The van der Waals surface area contributed by atoms with Crippen LogP contribution >= 0.6 is 0 Å². The standard InChI is InChI=1S/C18H25N3O3/c22-16(17-7-4-13-24-17)14-15-6-2-1-3-11-21(15)18(23)8-12-20-10-5-9-19-20/h4-5,7,9-10,13,15-16,22H,1-3,6,8,11-12,14H2/t15-,16-/m0/s1. The zero-order valence-electron chi connectivity index (χ0n) is 13.9. The van der Waals surface area contributed by atoms with E-state index in [0.717, 1.165) is 32.2 Å². The number of likely N-dealkylation sites (tertiary alicyclic amines) is 1. The van der Waals surface area contributed by atoms with Gasteiger partial charge in [-0.2, -0.15) is 5.10 Å². The van der Waals surface area contributed by atoms with Gasteiger partial charge in [-0.3, -0.25) is 9.48 Å². The number of furan rings is 1. The van der Waals surface area contributed by atoms with E-state index in [2.05, 4.69) is 5.10 Å². The van der Waals surface area contributed by atoms with E-state index in [4.69, 9.17) is 4.42 Å². The molecule has 6 nitrogen and oxygen atoms in total. The Morgan fingerprint density at radius 1 is 1.38 bits per heavy atom. The number of aryl methyl sites for hydroxylation is 1. The first-order valence-electron chi connectivity index (χ1n) is 8.72. The van der Waals surface area contributed by atoms with Crippen LogP contribution in [-0.2, 0) is 11.3 Å². The summed E-state index contributed by atoms with van der Waals surface area (Å²) in [5, 5.41) is 14.5. The Hall–Kier alpha value is -2.08. The van der Waals surface area contributed by atoms with Crippen molar-refractivity contribution < 1.29 is 14.3 Å². The van der Waals surface area contributed by atoms with E-state index in [1.54, 1.807) is 29.3 Å². The van der Waals surface area contributed by atoms with Gasteiger partial charge in [0.25, 0.3) is 0 Å². The summed E-state index contributed by atoms with van der Waals surface area (Å²) < 4.78 is 7.08. The fraction of sp³-hybridized carbons (Fsp3) is 0.556. The molecule has 2 aromatic heterocycles. The van der Waals surface area contributed by atoms with Crippen LogP contribution in [-0.4, -0.2) is 38.3 Å². The summed E-state index contributed by atoms with van der Waals surface area (Å²) in [6.45, 7) is 1.36. The minimum Gasteiger partial charge on any atom is -0.467 e. The van der Waals surface area contributed by atoms with E-state index in [0.29, 0.717) is 25.1 Å². The van der Waals surface area contributed by atoms with Crippen LogP contribution in [0.2, 0.25) is 0 Å². The molecule has 6 heteroatoms. The van der Waals surface area contributed by atoms with Gasteiger partial charge in [0.2, 0.25) is 5.91 Å². The van der Waals surface area contributed by atoms with Crippen molar-refractivity contribution in [2.75, 3.05) is 6.54 Å². The maximum Gasteiger partial charge on any atom is 0.224 e. The molecule has 1 amide bonds. The maximum absolute atomic E-state index is 12.7. The summed E-state index contributed by atoms with van der Waals surface area (Å²) in [6.07, 6.45) is 9.66. The molecule has 0 radical (unpaired) electrons. The summed E-state index contributed by atoms with van der Waals surface area (Å²) >= 11 is 0. The summed E-state index contributed by atoms with van der Waals surface area (Å²) in [5.41, 5.74) is 0.